The maximum Gasteiger partial charge on any atom is 0.127 e. The van der Waals surface area contributed by atoms with Crippen LogP contribution >= 0.6 is 0 Å². The lowest BCUT2D eigenvalue weighted by Crippen LogP contribution is -2.47. The van der Waals surface area contributed by atoms with E-state index in [1.165, 1.54) is 22.8 Å². The number of benzene rings is 3. The van der Waals surface area contributed by atoms with Crippen LogP contribution in [-0.2, 0) is 6.61 Å². The molecule has 0 aromatic heterocycles. The standard InChI is InChI=1S/C27H27FN2O/c28-23-12-13-25-26(19-23)31-20-22-10-4-5-11-24(22)27(25)30-17-15-29(16-18-30)14-6-9-21-7-2-1-3-8-21/h1-13,19,27H,14-18,20H2/b9-6-. The molecule has 31 heavy (non-hydrogen) atoms. The molecule has 1 atom stereocenters. The van der Waals surface area contributed by atoms with Crippen LogP contribution in [0.1, 0.15) is 28.3 Å². The molecule has 3 nitrogen and oxygen atoms in total. The van der Waals surface area contributed by atoms with Crippen molar-refractivity contribution >= 4 is 6.08 Å². The normalized spacial score (nSPS) is 19.5. The number of halogens is 1. The molecule has 1 fully saturated rings. The molecule has 0 radical (unpaired) electrons. The smallest absolute Gasteiger partial charge is 0.127 e. The van der Waals surface area contributed by atoms with Gasteiger partial charge in [-0.3, -0.25) is 9.80 Å². The van der Waals surface area contributed by atoms with Crippen molar-refractivity contribution in [2.45, 2.75) is 12.6 Å². The summed E-state index contributed by atoms with van der Waals surface area (Å²) in [5.74, 6) is 0.410. The molecule has 0 spiro atoms. The Morgan fingerprint density at radius 2 is 1.65 bits per heavy atom. The number of nitrogens with zero attached hydrogens (tertiary/aromatic N) is 2. The Balaban J connectivity index is 1.32. The van der Waals surface area contributed by atoms with Crippen LogP contribution in [0.2, 0.25) is 0 Å². The van der Waals surface area contributed by atoms with E-state index >= 15 is 0 Å². The Morgan fingerprint density at radius 3 is 2.48 bits per heavy atom. The average molecular weight is 415 g/mol. The van der Waals surface area contributed by atoms with Gasteiger partial charge in [0.15, 0.2) is 0 Å². The fourth-order valence-electron chi connectivity index (χ4n) is 4.61. The van der Waals surface area contributed by atoms with Crippen molar-refractivity contribution in [1.29, 1.82) is 0 Å². The number of rotatable bonds is 4. The third kappa shape index (κ3) is 4.41. The van der Waals surface area contributed by atoms with Gasteiger partial charge in [0.05, 0.1) is 6.04 Å². The monoisotopic (exact) mass is 414 g/mol. The number of hydrogen-bond donors (Lipinski definition) is 0. The third-order valence-corrected chi connectivity index (χ3v) is 6.25. The molecule has 0 aliphatic carbocycles. The highest BCUT2D eigenvalue weighted by atomic mass is 19.1. The van der Waals surface area contributed by atoms with E-state index < -0.39 is 0 Å². The Bertz CT molecular complexity index is 1060. The van der Waals surface area contributed by atoms with E-state index in [4.69, 9.17) is 4.74 Å². The fraction of sp³-hybridized carbons (Fsp3) is 0.259. The second kappa shape index (κ2) is 9.04. The number of fused-ring (bicyclic) bond motifs is 2. The zero-order valence-corrected chi connectivity index (χ0v) is 17.6. The van der Waals surface area contributed by atoms with Gasteiger partial charge >= 0.3 is 0 Å². The second-order valence-electron chi connectivity index (χ2n) is 8.22. The van der Waals surface area contributed by atoms with Crippen molar-refractivity contribution in [3.8, 4) is 5.75 Å². The summed E-state index contributed by atoms with van der Waals surface area (Å²) in [4.78, 5) is 5.00. The Morgan fingerprint density at radius 1 is 0.871 bits per heavy atom. The van der Waals surface area contributed by atoms with E-state index in [0.29, 0.717) is 12.4 Å². The molecule has 158 valence electrons. The van der Waals surface area contributed by atoms with Gasteiger partial charge in [0, 0.05) is 44.4 Å². The molecule has 0 N–H and O–H groups in total. The first kappa shape index (κ1) is 20.0. The predicted molar refractivity (Wildman–Crippen MR) is 123 cm³/mol. The van der Waals surface area contributed by atoms with Gasteiger partial charge < -0.3 is 4.74 Å². The molecule has 3 aromatic rings. The van der Waals surface area contributed by atoms with E-state index in [0.717, 1.165) is 38.3 Å². The van der Waals surface area contributed by atoms with Crippen LogP contribution in [0.3, 0.4) is 0 Å². The zero-order chi connectivity index (χ0) is 21.0. The molecule has 5 rings (SSSR count). The summed E-state index contributed by atoms with van der Waals surface area (Å²) < 4.78 is 19.9. The van der Waals surface area contributed by atoms with Gasteiger partial charge in [0.25, 0.3) is 0 Å². The summed E-state index contributed by atoms with van der Waals surface area (Å²) >= 11 is 0. The van der Waals surface area contributed by atoms with Crippen molar-refractivity contribution < 1.29 is 9.13 Å². The van der Waals surface area contributed by atoms with Crippen molar-refractivity contribution in [3.05, 3.63) is 107 Å². The number of ether oxygens (including phenoxy) is 1. The highest BCUT2D eigenvalue weighted by Gasteiger charge is 2.31. The summed E-state index contributed by atoms with van der Waals surface area (Å²) in [5, 5.41) is 0. The van der Waals surface area contributed by atoms with Crippen molar-refractivity contribution in [2.75, 3.05) is 32.7 Å². The zero-order valence-electron chi connectivity index (χ0n) is 17.6. The van der Waals surface area contributed by atoms with E-state index in [1.807, 2.05) is 18.2 Å². The minimum Gasteiger partial charge on any atom is -0.488 e. The lowest BCUT2D eigenvalue weighted by atomic mass is 9.93. The molecule has 2 heterocycles. The van der Waals surface area contributed by atoms with Crippen LogP contribution in [-0.4, -0.2) is 42.5 Å². The van der Waals surface area contributed by atoms with Crippen LogP contribution in [0, 0.1) is 5.82 Å². The molecule has 1 unspecified atom stereocenters. The van der Waals surface area contributed by atoms with E-state index in [-0.39, 0.29) is 11.9 Å². The lowest BCUT2D eigenvalue weighted by Gasteiger charge is -2.39. The first-order chi connectivity index (χ1) is 15.3. The molecular formula is C27H27FN2O. The largest absolute Gasteiger partial charge is 0.488 e. The van der Waals surface area contributed by atoms with Gasteiger partial charge in [-0.05, 0) is 22.8 Å². The molecule has 4 heteroatoms. The van der Waals surface area contributed by atoms with Gasteiger partial charge in [-0.1, -0.05) is 72.8 Å². The first-order valence-corrected chi connectivity index (χ1v) is 11.0. The minimum atomic E-state index is -0.251. The summed E-state index contributed by atoms with van der Waals surface area (Å²) in [5.41, 5.74) is 4.74. The molecule has 0 amide bonds. The molecule has 2 aliphatic rings. The predicted octanol–water partition coefficient (Wildman–Crippen LogP) is 5.14. The van der Waals surface area contributed by atoms with Crippen LogP contribution < -0.4 is 4.74 Å². The molecule has 0 bridgehead atoms. The van der Waals surface area contributed by atoms with E-state index in [2.05, 4.69) is 64.4 Å². The quantitative estimate of drug-likeness (QED) is 0.588. The Hall–Kier alpha value is -2.95. The van der Waals surface area contributed by atoms with Crippen molar-refractivity contribution in [3.63, 3.8) is 0 Å². The summed E-state index contributed by atoms with van der Waals surface area (Å²) in [6.45, 7) is 5.39. The third-order valence-electron chi connectivity index (χ3n) is 6.25. The molecule has 1 saturated heterocycles. The molecular weight excluding hydrogens is 387 g/mol. The van der Waals surface area contributed by atoms with E-state index in [9.17, 15) is 4.39 Å². The highest BCUT2D eigenvalue weighted by molar-refractivity contribution is 5.49. The second-order valence-corrected chi connectivity index (χ2v) is 8.22. The number of hydrogen-bond acceptors (Lipinski definition) is 3. The van der Waals surface area contributed by atoms with Gasteiger partial charge in [-0.25, -0.2) is 4.39 Å². The van der Waals surface area contributed by atoms with Gasteiger partial charge in [-0.2, -0.15) is 0 Å². The van der Waals surface area contributed by atoms with Gasteiger partial charge in [0.2, 0.25) is 0 Å². The summed E-state index contributed by atoms with van der Waals surface area (Å²) in [6, 6.07) is 23.9. The Labute approximate surface area is 183 Å². The van der Waals surface area contributed by atoms with Crippen molar-refractivity contribution in [1.82, 2.24) is 9.80 Å². The van der Waals surface area contributed by atoms with Gasteiger partial charge in [0.1, 0.15) is 18.2 Å². The Kier molecular flexibility index (Phi) is 5.83. The summed E-state index contributed by atoms with van der Waals surface area (Å²) in [6.07, 6.45) is 4.44. The van der Waals surface area contributed by atoms with Crippen LogP contribution in [0.4, 0.5) is 4.39 Å². The number of piperazine rings is 1. The fourth-order valence-corrected chi connectivity index (χ4v) is 4.61. The molecule has 2 aliphatic heterocycles. The van der Waals surface area contributed by atoms with E-state index in [1.54, 1.807) is 6.07 Å². The van der Waals surface area contributed by atoms with Crippen LogP contribution in [0.5, 0.6) is 5.75 Å². The lowest BCUT2D eigenvalue weighted by molar-refractivity contribution is 0.117. The van der Waals surface area contributed by atoms with Crippen LogP contribution in [0.15, 0.2) is 78.9 Å². The minimum absolute atomic E-state index is 0.0938. The molecule has 0 saturated carbocycles. The topological polar surface area (TPSA) is 15.7 Å². The summed E-state index contributed by atoms with van der Waals surface area (Å²) in [7, 11) is 0. The van der Waals surface area contributed by atoms with Crippen molar-refractivity contribution in [2.24, 2.45) is 0 Å². The van der Waals surface area contributed by atoms with Crippen LogP contribution in [0.25, 0.3) is 6.08 Å². The molecule has 3 aromatic carbocycles. The SMILES string of the molecule is Fc1ccc2c(c1)OCc1ccccc1C2N1CCN(C/C=C\c2ccccc2)CC1. The maximum atomic E-state index is 13.9. The van der Waals surface area contributed by atoms with Gasteiger partial charge in [-0.15, -0.1) is 0 Å². The maximum absolute atomic E-state index is 13.9. The highest BCUT2D eigenvalue weighted by Crippen LogP contribution is 2.40. The average Bonchev–Trinajstić information content (AvgIpc) is 2.97. The first-order valence-electron chi connectivity index (χ1n) is 11.0.